The Kier molecular flexibility index (Phi) is 6.94. The number of carbonyl (C=O) groups excluding carboxylic acids is 1. The van der Waals surface area contributed by atoms with Crippen molar-refractivity contribution in [3.63, 3.8) is 0 Å². The number of amides is 1. The van der Waals surface area contributed by atoms with Gasteiger partial charge in [-0.05, 0) is 37.2 Å². The molecule has 2 heterocycles. The van der Waals surface area contributed by atoms with Crippen molar-refractivity contribution in [3.8, 4) is 17.3 Å². The number of nitrogens with two attached hydrogens (primary N) is 1. The van der Waals surface area contributed by atoms with Gasteiger partial charge in [-0.3, -0.25) is 10.1 Å². The molecule has 1 aromatic carbocycles. The number of hydrogen-bond acceptors (Lipinski definition) is 7. The van der Waals surface area contributed by atoms with Crippen LogP contribution in [0.15, 0.2) is 34.9 Å². The van der Waals surface area contributed by atoms with Gasteiger partial charge in [0, 0.05) is 18.2 Å². The second-order valence-corrected chi connectivity index (χ2v) is 10.2. The minimum absolute atomic E-state index is 0.0789. The number of aromatic nitrogens is 3. The fourth-order valence-corrected chi connectivity index (χ4v) is 4.29. The van der Waals surface area contributed by atoms with Crippen molar-refractivity contribution in [1.29, 1.82) is 5.26 Å². The second kappa shape index (κ2) is 9.92. The summed E-state index contributed by atoms with van der Waals surface area (Å²) in [6.07, 6.45) is 2.82. The number of nitrogens with one attached hydrogen (secondary N) is 1. The van der Waals surface area contributed by atoms with Crippen molar-refractivity contribution in [2.75, 3.05) is 17.7 Å². The molecule has 184 valence electrons. The molecule has 1 aliphatic rings. The smallest absolute Gasteiger partial charge is 0.231 e. The first-order chi connectivity index (χ1) is 16.7. The minimum atomic E-state index is -0.198. The summed E-state index contributed by atoms with van der Waals surface area (Å²) in [5.74, 6) is 0.521. The lowest BCUT2D eigenvalue weighted by Crippen LogP contribution is -2.34. The van der Waals surface area contributed by atoms with Crippen molar-refractivity contribution in [2.24, 2.45) is 5.41 Å². The van der Waals surface area contributed by atoms with Crippen LogP contribution in [-0.2, 0) is 22.4 Å². The molecule has 0 bridgehead atoms. The number of benzene rings is 1. The van der Waals surface area contributed by atoms with Crippen LogP contribution >= 0.6 is 0 Å². The average Bonchev–Trinajstić information content (AvgIpc) is 3.32. The normalized spacial score (nSPS) is 17.6. The summed E-state index contributed by atoms with van der Waals surface area (Å²) in [5.41, 5.74) is 9.66. The van der Waals surface area contributed by atoms with Gasteiger partial charge in [0.2, 0.25) is 11.8 Å². The summed E-state index contributed by atoms with van der Waals surface area (Å²) in [4.78, 5) is 12.5. The van der Waals surface area contributed by atoms with Gasteiger partial charge in [-0.2, -0.15) is 10.4 Å². The number of ether oxygens (including phenoxy) is 1. The topological polar surface area (TPSA) is 132 Å². The Morgan fingerprint density at radius 1 is 1.31 bits per heavy atom. The molecule has 0 atom stereocenters. The van der Waals surface area contributed by atoms with Gasteiger partial charge in [0.15, 0.2) is 0 Å². The van der Waals surface area contributed by atoms with Crippen molar-refractivity contribution < 1.29 is 14.1 Å². The lowest BCUT2D eigenvalue weighted by Gasteiger charge is -2.35. The van der Waals surface area contributed by atoms with Crippen molar-refractivity contribution in [3.05, 3.63) is 47.2 Å². The Morgan fingerprint density at radius 3 is 2.66 bits per heavy atom. The molecule has 2 aromatic heterocycles. The quantitative estimate of drug-likeness (QED) is 0.489. The van der Waals surface area contributed by atoms with Gasteiger partial charge in [-0.15, -0.1) is 0 Å². The fourth-order valence-electron chi connectivity index (χ4n) is 4.29. The first kappa shape index (κ1) is 24.5. The number of hydrogen-bond donors (Lipinski definition) is 2. The Hall–Kier alpha value is -3.64. The van der Waals surface area contributed by atoms with E-state index in [0.717, 1.165) is 36.1 Å². The summed E-state index contributed by atoms with van der Waals surface area (Å²) in [6, 6.07) is 11.5. The lowest BCUT2D eigenvalue weighted by molar-refractivity contribution is -0.115. The van der Waals surface area contributed by atoms with Gasteiger partial charge in [-0.1, -0.05) is 50.2 Å². The van der Waals surface area contributed by atoms with Crippen LogP contribution in [0.25, 0.3) is 11.3 Å². The number of nitriles is 1. The van der Waals surface area contributed by atoms with Crippen LogP contribution in [-0.4, -0.2) is 33.6 Å². The van der Waals surface area contributed by atoms with E-state index in [1.54, 1.807) is 10.7 Å². The molecule has 0 unspecified atom stereocenters. The summed E-state index contributed by atoms with van der Waals surface area (Å²) >= 11 is 0. The second-order valence-electron chi connectivity index (χ2n) is 10.2. The highest BCUT2D eigenvalue weighted by Crippen LogP contribution is 2.38. The zero-order valence-corrected chi connectivity index (χ0v) is 20.7. The van der Waals surface area contributed by atoms with E-state index in [-0.39, 0.29) is 29.9 Å². The molecule has 1 aliphatic carbocycles. The molecule has 0 spiro atoms. The fraction of sp³-hybridized carbons (Fsp3) is 0.462. The Balaban J connectivity index is 1.41. The summed E-state index contributed by atoms with van der Waals surface area (Å²) in [7, 11) is 0. The third-order valence-electron chi connectivity index (χ3n) is 6.00. The van der Waals surface area contributed by atoms with E-state index in [1.807, 2.05) is 31.2 Å². The zero-order valence-electron chi connectivity index (χ0n) is 20.7. The molecular formula is C26H32N6O3. The maximum Gasteiger partial charge on any atom is 0.231 e. The van der Waals surface area contributed by atoms with Gasteiger partial charge < -0.3 is 15.0 Å². The Morgan fingerprint density at radius 2 is 2.03 bits per heavy atom. The highest BCUT2D eigenvalue weighted by molar-refractivity contribution is 5.91. The molecule has 9 heteroatoms. The molecule has 0 aliphatic heterocycles. The number of anilines is 2. The molecule has 1 saturated carbocycles. The highest BCUT2D eigenvalue weighted by atomic mass is 16.5. The first-order valence-corrected chi connectivity index (χ1v) is 11.9. The number of carbonyl (C=O) groups is 1. The van der Waals surface area contributed by atoms with Crippen LogP contribution in [0.4, 0.5) is 11.7 Å². The summed E-state index contributed by atoms with van der Waals surface area (Å²) in [6.45, 7) is 9.02. The molecule has 0 saturated heterocycles. The average molecular weight is 477 g/mol. The van der Waals surface area contributed by atoms with Crippen LogP contribution in [0.5, 0.6) is 0 Å². The standard InChI is InChI=1S/C26H32N6O3/c1-5-34-20-12-19(13-20)32-25(28)21(15-27)24(30-32)17-8-6-16(7-9-17)10-22(33)29-23-11-18(31-35-23)14-26(2,3)4/h6-9,11,19-20H,5,10,12-14,28H2,1-4H3,(H,29,33). The highest BCUT2D eigenvalue weighted by Gasteiger charge is 2.34. The Bertz CT molecular complexity index is 1220. The molecule has 1 amide bonds. The predicted molar refractivity (Wildman–Crippen MR) is 132 cm³/mol. The number of nitrogens with zero attached hydrogens (tertiary/aromatic N) is 4. The molecule has 9 nitrogen and oxygen atoms in total. The van der Waals surface area contributed by atoms with Gasteiger partial charge in [0.05, 0.1) is 24.3 Å². The summed E-state index contributed by atoms with van der Waals surface area (Å²) in [5, 5.41) is 21.1. The number of nitrogen functional groups attached to an aromatic ring is 1. The largest absolute Gasteiger partial charge is 0.383 e. The molecule has 1 fully saturated rings. The predicted octanol–water partition coefficient (Wildman–Crippen LogP) is 4.50. The van der Waals surface area contributed by atoms with Crippen molar-refractivity contribution in [2.45, 2.75) is 65.5 Å². The molecule has 4 rings (SSSR count). The van der Waals surface area contributed by atoms with E-state index in [0.29, 0.717) is 29.6 Å². The van der Waals surface area contributed by atoms with E-state index in [4.69, 9.17) is 15.0 Å². The molecule has 35 heavy (non-hydrogen) atoms. The van der Waals surface area contributed by atoms with Gasteiger partial charge in [0.25, 0.3) is 0 Å². The van der Waals surface area contributed by atoms with Crippen molar-refractivity contribution in [1.82, 2.24) is 14.9 Å². The maximum atomic E-state index is 12.5. The van der Waals surface area contributed by atoms with Crippen LogP contribution in [0.3, 0.4) is 0 Å². The summed E-state index contributed by atoms with van der Waals surface area (Å²) < 4.78 is 12.6. The first-order valence-electron chi connectivity index (χ1n) is 11.9. The van der Waals surface area contributed by atoms with E-state index in [2.05, 4.69) is 42.4 Å². The molecule has 3 aromatic rings. The molecule has 3 N–H and O–H groups in total. The van der Waals surface area contributed by atoms with Gasteiger partial charge in [-0.25, -0.2) is 4.68 Å². The van der Waals surface area contributed by atoms with E-state index in [1.165, 1.54) is 0 Å². The zero-order chi connectivity index (χ0) is 25.2. The minimum Gasteiger partial charge on any atom is -0.383 e. The third kappa shape index (κ3) is 5.72. The van der Waals surface area contributed by atoms with E-state index in [9.17, 15) is 10.1 Å². The third-order valence-corrected chi connectivity index (χ3v) is 6.00. The monoisotopic (exact) mass is 476 g/mol. The molecular weight excluding hydrogens is 444 g/mol. The maximum absolute atomic E-state index is 12.5. The van der Waals surface area contributed by atoms with Crippen molar-refractivity contribution >= 4 is 17.6 Å². The van der Waals surface area contributed by atoms with Gasteiger partial charge in [0.1, 0.15) is 23.1 Å². The molecule has 0 radical (unpaired) electrons. The van der Waals surface area contributed by atoms with E-state index >= 15 is 0 Å². The Labute approximate surface area is 205 Å². The number of rotatable bonds is 8. The van der Waals surface area contributed by atoms with Gasteiger partial charge >= 0.3 is 0 Å². The van der Waals surface area contributed by atoms with Crippen LogP contribution < -0.4 is 11.1 Å². The van der Waals surface area contributed by atoms with Crippen LogP contribution in [0.1, 0.15) is 63.4 Å². The SMILES string of the molecule is CCOC1CC(n2nc(-c3ccc(CC(=O)Nc4cc(CC(C)(C)C)no4)cc3)c(C#N)c2N)C1. The lowest BCUT2D eigenvalue weighted by atomic mass is 9.89. The van der Waals surface area contributed by atoms with E-state index < -0.39 is 0 Å². The van der Waals surface area contributed by atoms with Crippen LogP contribution in [0, 0.1) is 16.7 Å². The van der Waals surface area contributed by atoms with Crippen LogP contribution in [0.2, 0.25) is 0 Å².